The van der Waals surface area contributed by atoms with Crippen molar-refractivity contribution >= 4 is 27.8 Å². The van der Waals surface area contributed by atoms with Crippen LogP contribution in [-0.4, -0.2) is 19.1 Å². The lowest BCUT2D eigenvalue weighted by atomic mass is 10.0. The lowest BCUT2D eigenvalue weighted by molar-refractivity contribution is 1.13. The van der Waals surface area contributed by atoms with Gasteiger partial charge in [-0.1, -0.05) is 23.8 Å². The zero-order valence-corrected chi connectivity index (χ0v) is 14.7. The summed E-state index contributed by atoms with van der Waals surface area (Å²) in [5.74, 6) is 0. The van der Waals surface area contributed by atoms with Gasteiger partial charge in [-0.15, -0.1) is 11.3 Å². The minimum Gasteiger partial charge on any atom is -0.378 e. The van der Waals surface area contributed by atoms with E-state index in [0.717, 1.165) is 16.5 Å². The van der Waals surface area contributed by atoms with E-state index in [1.807, 2.05) is 14.1 Å². The quantitative estimate of drug-likeness (QED) is 0.712. The molecule has 0 radical (unpaired) electrons. The van der Waals surface area contributed by atoms with Gasteiger partial charge in [-0.05, 0) is 43.7 Å². The van der Waals surface area contributed by atoms with Gasteiger partial charge in [-0.25, -0.2) is 4.98 Å². The SMILES string of the molecule is Cc1ccc(-c2csc(Nc3ccc(N(C)C)cc3)n2)c(C)c1. The fraction of sp³-hybridized carbons (Fsp3) is 0.211. The van der Waals surface area contributed by atoms with Crippen molar-refractivity contribution in [1.82, 2.24) is 4.98 Å². The van der Waals surface area contributed by atoms with Crippen LogP contribution in [0.3, 0.4) is 0 Å². The van der Waals surface area contributed by atoms with Gasteiger partial charge in [0.1, 0.15) is 0 Å². The molecule has 3 nitrogen and oxygen atoms in total. The molecule has 0 saturated heterocycles. The first-order valence-corrected chi connectivity index (χ1v) is 8.48. The Bertz CT molecular complexity index is 804. The fourth-order valence-corrected chi connectivity index (χ4v) is 3.25. The number of nitrogens with zero attached hydrogens (tertiary/aromatic N) is 2. The molecular formula is C19H21N3S. The molecule has 0 amide bonds. The number of nitrogens with one attached hydrogen (secondary N) is 1. The van der Waals surface area contributed by atoms with Crippen molar-refractivity contribution in [3.8, 4) is 11.3 Å². The summed E-state index contributed by atoms with van der Waals surface area (Å²) in [6, 6.07) is 14.8. The lowest BCUT2D eigenvalue weighted by Gasteiger charge is -2.12. The highest BCUT2D eigenvalue weighted by molar-refractivity contribution is 7.14. The molecular weight excluding hydrogens is 302 g/mol. The average Bonchev–Trinajstić information content (AvgIpc) is 2.96. The number of benzene rings is 2. The average molecular weight is 323 g/mol. The van der Waals surface area contributed by atoms with Crippen molar-refractivity contribution < 1.29 is 0 Å². The summed E-state index contributed by atoms with van der Waals surface area (Å²) in [5, 5.41) is 6.40. The molecule has 0 bridgehead atoms. The number of hydrogen-bond donors (Lipinski definition) is 1. The fourth-order valence-electron chi connectivity index (χ4n) is 2.52. The molecule has 4 heteroatoms. The van der Waals surface area contributed by atoms with E-state index in [2.05, 4.69) is 71.9 Å². The lowest BCUT2D eigenvalue weighted by Crippen LogP contribution is -2.08. The number of thiazole rings is 1. The molecule has 0 spiro atoms. The Balaban J connectivity index is 1.79. The Morgan fingerprint density at radius 3 is 2.39 bits per heavy atom. The van der Waals surface area contributed by atoms with Crippen LogP contribution in [0.2, 0.25) is 0 Å². The molecule has 3 rings (SSSR count). The number of aryl methyl sites for hydroxylation is 2. The molecule has 0 fully saturated rings. The first kappa shape index (κ1) is 15.6. The molecule has 1 aromatic heterocycles. The second-order valence-electron chi connectivity index (χ2n) is 5.92. The van der Waals surface area contributed by atoms with Crippen molar-refractivity contribution in [3.05, 3.63) is 59.0 Å². The van der Waals surface area contributed by atoms with Gasteiger partial charge in [-0.2, -0.15) is 0 Å². The smallest absolute Gasteiger partial charge is 0.187 e. The van der Waals surface area contributed by atoms with Gasteiger partial charge in [0, 0.05) is 36.4 Å². The zero-order chi connectivity index (χ0) is 16.4. The maximum atomic E-state index is 4.72. The van der Waals surface area contributed by atoms with E-state index < -0.39 is 0 Å². The second-order valence-corrected chi connectivity index (χ2v) is 6.78. The Hall–Kier alpha value is -2.33. The van der Waals surface area contributed by atoms with Gasteiger partial charge < -0.3 is 10.2 Å². The molecule has 1 heterocycles. The van der Waals surface area contributed by atoms with Crippen LogP contribution < -0.4 is 10.2 Å². The van der Waals surface area contributed by atoms with Gasteiger partial charge >= 0.3 is 0 Å². The summed E-state index contributed by atoms with van der Waals surface area (Å²) in [6.45, 7) is 4.25. The molecule has 0 atom stereocenters. The molecule has 0 aliphatic heterocycles. The van der Waals surface area contributed by atoms with Crippen LogP contribution in [0.15, 0.2) is 47.8 Å². The van der Waals surface area contributed by atoms with Crippen molar-refractivity contribution in [2.24, 2.45) is 0 Å². The van der Waals surface area contributed by atoms with Crippen LogP contribution in [-0.2, 0) is 0 Å². The summed E-state index contributed by atoms with van der Waals surface area (Å²) < 4.78 is 0. The third-order valence-corrected chi connectivity index (χ3v) is 4.55. The van der Waals surface area contributed by atoms with Gasteiger partial charge in [0.15, 0.2) is 5.13 Å². The van der Waals surface area contributed by atoms with Crippen LogP contribution >= 0.6 is 11.3 Å². The van der Waals surface area contributed by atoms with Crippen molar-refractivity contribution in [1.29, 1.82) is 0 Å². The highest BCUT2D eigenvalue weighted by atomic mass is 32.1. The maximum absolute atomic E-state index is 4.72. The molecule has 0 saturated carbocycles. The van der Waals surface area contributed by atoms with Gasteiger partial charge in [0.2, 0.25) is 0 Å². The number of anilines is 3. The first-order valence-electron chi connectivity index (χ1n) is 7.60. The predicted octanol–water partition coefficient (Wildman–Crippen LogP) is 5.24. The molecule has 118 valence electrons. The van der Waals surface area contributed by atoms with E-state index in [4.69, 9.17) is 4.98 Å². The first-order chi connectivity index (χ1) is 11.0. The largest absolute Gasteiger partial charge is 0.378 e. The molecule has 3 aromatic rings. The van der Waals surface area contributed by atoms with Gasteiger partial charge in [0.25, 0.3) is 0 Å². The summed E-state index contributed by atoms with van der Waals surface area (Å²) in [6.07, 6.45) is 0. The third-order valence-electron chi connectivity index (χ3n) is 3.80. The maximum Gasteiger partial charge on any atom is 0.187 e. The molecule has 2 aromatic carbocycles. The Morgan fingerprint density at radius 1 is 1.00 bits per heavy atom. The highest BCUT2D eigenvalue weighted by Gasteiger charge is 2.07. The Labute approximate surface area is 141 Å². The van der Waals surface area contributed by atoms with E-state index in [1.54, 1.807) is 11.3 Å². The minimum atomic E-state index is 0.914. The van der Waals surface area contributed by atoms with Gasteiger partial charge in [-0.3, -0.25) is 0 Å². The van der Waals surface area contributed by atoms with E-state index >= 15 is 0 Å². The van der Waals surface area contributed by atoms with E-state index in [-0.39, 0.29) is 0 Å². The van der Waals surface area contributed by atoms with E-state index in [0.29, 0.717) is 0 Å². The van der Waals surface area contributed by atoms with Crippen LogP contribution in [0.5, 0.6) is 0 Å². The second kappa shape index (κ2) is 6.42. The van der Waals surface area contributed by atoms with E-state index in [9.17, 15) is 0 Å². The number of hydrogen-bond acceptors (Lipinski definition) is 4. The van der Waals surface area contributed by atoms with Crippen LogP contribution in [0.1, 0.15) is 11.1 Å². The monoisotopic (exact) mass is 323 g/mol. The van der Waals surface area contributed by atoms with Crippen LogP contribution in [0, 0.1) is 13.8 Å². The number of aromatic nitrogens is 1. The summed E-state index contributed by atoms with van der Waals surface area (Å²) in [4.78, 5) is 6.81. The summed E-state index contributed by atoms with van der Waals surface area (Å²) in [5.41, 5.74) is 7.00. The minimum absolute atomic E-state index is 0.914. The van der Waals surface area contributed by atoms with Crippen LogP contribution in [0.25, 0.3) is 11.3 Å². The zero-order valence-electron chi connectivity index (χ0n) is 13.9. The molecule has 0 unspecified atom stereocenters. The van der Waals surface area contributed by atoms with E-state index in [1.165, 1.54) is 22.4 Å². The van der Waals surface area contributed by atoms with Crippen molar-refractivity contribution in [2.45, 2.75) is 13.8 Å². The normalized spacial score (nSPS) is 10.6. The standard InChI is InChI=1S/C19H21N3S/c1-13-5-10-17(14(2)11-13)18-12-23-19(21-18)20-15-6-8-16(9-7-15)22(3)4/h5-12H,1-4H3,(H,20,21). The molecule has 0 aliphatic rings. The Kier molecular flexibility index (Phi) is 4.35. The third kappa shape index (κ3) is 3.54. The molecule has 1 N–H and O–H groups in total. The summed E-state index contributed by atoms with van der Waals surface area (Å²) in [7, 11) is 4.08. The number of rotatable bonds is 4. The van der Waals surface area contributed by atoms with Crippen LogP contribution in [0.4, 0.5) is 16.5 Å². The summed E-state index contributed by atoms with van der Waals surface area (Å²) >= 11 is 1.63. The highest BCUT2D eigenvalue weighted by Crippen LogP contribution is 2.29. The van der Waals surface area contributed by atoms with Gasteiger partial charge in [0.05, 0.1) is 5.69 Å². The molecule has 23 heavy (non-hydrogen) atoms. The van der Waals surface area contributed by atoms with Crippen molar-refractivity contribution in [2.75, 3.05) is 24.3 Å². The topological polar surface area (TPSA) is 28.2 Å². The Morgan fingerprint density at radius 2 is 1.74 bits per heavy atom. The van der Waals surface area contributed by atoms with Crippen molar-refractivity contribution in [3.63, 3.8) is 0 Å². The predicted molar refractivity (Wildman–Crippen MR) is 101 cm³/mol. The molecule has 0 aliphatic carbocycles.